The van der Waals surface area contributed by atoms with E-state index in [0.29, 0.717) is 17.9 Å². The molecule has 1 aliphatic heterocycles. The van der Waals surface area contributed by atoms with Crippen LogP contribution in [0.3, 0.4) is 0 Å². The molecule has 3 heterocycles. The van der Waals surface area contributed by atoms with E-state index in [1.165, 1.54) is 31.2 Å². The molecule has 2 fully saturated rings. The summed E-state index contributed by atoms with van der Waals surface area (Å²) >= 11 is 0. The number of ether oxygens (including phenoxy) is 1. The van der Waals surface area contributed by atoms with Crippen molar-refractivity contribution >= 4 is 23.1 Å². The zero-order valence-electron chi connectivity index (χ0n) is 15.2. The van der Waals surface area contributed by atoms with Gasteiger partial charge in [0.05, 0.1) is 12.0 Å². The fourth-order valence-electron chi connectivity index (χ4n) is 4.23. The Hall–Kier alpha value is -1.95. The Bertz CT molecular complexity index is 750. The Kier molecular flexibility index (Phi) is 4.70. The monoisotopic (exact) mass is 342 g/mol. The minimum atomic E-state index is 0.450. The lowest BCUT2D eigenvalue weighted by Crippen LogP contribution is -2.28. The number of hydrogen-bond acceptors (Lipinski definition) is 4. The molecule has 1 aliphatic carbocycles. The fourth-order valence-corrected chi connectivity index (χ4v) is 4.23. The Morgan fingerprint density at radius 1 is 1.20 bits per heavy atom. The summed E-state index contributed by atoms with van der Waals surface area (Å²) in [7, 11) is 4.23. The summed E-state index contributed by atoms with van der Waals surface area (Å²) in [6.07, 6.45) is 12.0. The second-order valence-corrected chi connectivity index (χ2v) is 7.62. The smallest absolute Gasteiger partial charge is 0.143 e. The van der Waals surface area contributed by atoms with Crippen molar-refractivity contribution in [2.24, 2.45) is 5.92 Å². The predicted molar refractivity (Wildman–Crippen MR) is 99.6 cm³/mol. The van der Waals surface area contributed by atoms with Gasteiger partial charge >= 0.3 is 0 Å². The lowest BCUT2D eigenvalue weighted by atomic mass is 9.86. The van der Waals surface area contributed by atoms with Crippen LogP contribution in [-0.4, -0.2) is 59.1 Å². The zero-order chi connectivity index (χ0) is 17.2. The second kappa shape index (κ2) is 7.12. The highest BCUT2D eigenvalue weighted by Gasteiger charge is 2.26. The highest BCUT2D eigenvalue weighted by Crippen LogP contribution is 2.35. The molecule has 4 rings (SSSR count). The Balaban J connectivity index is 1.52. The van der Waals surface area contributed by atoms with Crippen LogP contribution in [0.1, 0.15) is 43.6 Å². The number of nitrogens with one attached hydrogen (secondary N) is 2. The highest BCUT2D eigenvalue weighted by molar-refractivity contribution is 5.91. The van der Waals surface area contributed by atoms with E-state index < -0.39 is 0 Å². The molecule has 1 atom stereocenters. The summed E-state index contributed by atoms with van der Waals surface area (Å²) in [4.78, 5) is 12.3. The lowest BCUT2D eigenvalue weighted by molar-refractivity contribution is -0.462. The van der Waals surface area contributed by atoms with Gasteiger partial charge in [0.1, 0.15) is 38.1 Å². The maximum Gasteiger partial charge on any atom is 0.143 e. The van der Waals surface area contributed by atoms with Crippen LogP contribution >= 0.6 is 0 Å². The number of H-pyrrole nitrogens is 1. The van der Waals surface area contributed by atoms with Gasteiger partial charge in [-0.2, -0.15) is 0 Å². The molecule has 25 heavy (non-hydrogen) atoms. The van der Waals surface area contributed by atoms with Crippen molar-refractivity contribution in [1.29, 1.82) is 0 Å². The van der Waals surface area contributed by atoms with E-state index >= 15 is 0 Å². The molecular formula is C19H28N5O+. The number of hydrogen-bond donors (Lipinski definition) is 2. The predicted octanol–water partition coefficient (Wildman–Crippen LogP) is 2.78. The fraction of sp³-hybridized carbons (Fsp3) is 0.632. The van der Waals surface area contributed by atoms with Crippen molar-refractivity contribution in [2.45, 2.75) is 44.1 Å². The van der Waals surface area contributed by atoms with Gasteiger partial charge in [-0.15, -0.1) is 0 Å². The van der Waals surface area contributed by atoms with Gasteiger partial charge in [0.2, 0.25) is 0 Å². The minimum Gasteiger partial charge on any atom is -0.381 e. The summed E-state index contributed by atoms with van der Waals surface area (Å²) in [6.45, 7) is 1.65. The minimum absolute atomic E-state index is 0.450. The molecule has 0 spiro atoms. The molecule has 2 aromatic heterocycles. The molecule has 0 bridgehead atoms. The summed E-state index contributed by atoms with van der Waals surface area (Å²) in [5.41, 5.74) is 2.22. The van der Waals surface area contributed by atoms with E-state index in [1.54, 1.807) is 6.33 Å². The van der Waals surface area contributed by atoms with E-state index in [1.807, 2.05) is 0 Å². The molecule has 0 radical (unpaired) electrons. The number of nitrogens with zero attached hydrogens (tertiary/aromatic N) is 3. The van der Waals surface area contributed by atoms with E-state index in [2.05, 4.69) is 51.4 Å². The molecule has 6 heteroatoms. The van der Waals surface area contributed by atoms with Gasteiger partial charge in [-0.25, -0.2) is 14.5 Å². The van der Waals surface area contributed by atoms with E-state index in [-0.39, 0.29) is 0 Å². The second-order valence-electron chi connectivity index (χ2n) is 7.62. The maximum atomic E-state index is 5.58. The molecule has 2 aromatic rings. The van der Waals surface area contributed by atoms with Crippen molar-refractivity contribution in [3.8, 4) is 0 Å². The summed E-state index contributed by atoms with van der Waals surface area (Å²) in [5, 5.41) is 4.86. The van der Waals surface area contributed by atoms with Crippen LogP contribution in [0.2, 0.25) is 0 Å². The summed E-state index contributed by atoms with van der Waals surface area (Å²) in [6, 6.07) is 0.493. The maximum absolute atomic E-state index is 5.58. The molecular weight excluding hydrogens is 314 g/mol. The summed E-state index contributed by atoms with van der Waals surface area (Å²) in [5.74, 6) is 2.14. The van der Waals surface area contributed by atoms with Gasteiger partial charge < -0.3 is 15.0 Å². The van der Waals surface area contributed by atoms with Gasteiger partial charge in [0.25, 0.3) is 0 Å². The van der Waals surface area contributed by atoms with E-state index in [4.69, 9.17) is 4.74 Å². The summed E-state index contributed by atoms with van der Waals surface area (Å²) < 4.78 is 7.76. The van der Waals surface area contributed by atoms with E-state index in [0.717, 1.165) is 36.5 Å². The molecule has 2 N–H and O–H groups in total. The molecule has 6 nitrogen and oxygen atoms in total. The molecule has 1 unspecified atom stereocenters. The first-order valence-electron chi connectivity index (χ1n) is 9.38. The number of anilines is 1. The first kappa shape index (κ1) is 16.5. The van der Waals surface area contributed by atoms with Crippen LogP contribution in [0, 0.1) is 5.92 Å². The van der Waals surface area contributed by atoms with Gasteiger partial charge in [-0.3, -0.25) is 0 Å². The first-order chi connectivity index (χ1) is 12.2. The van der Waals surface area contributed by atoms with Gasteiger partial charge in [0.15, 0.2) is 0 Å². The van der Waals surface area contributed by atoms with Crippen LogP contribution in [0.4, 0.5) is 5.82 Å². The van der Waals surface area contributed by atoms with Gasteiger partial charge in [-0.05, 0) is 37.7 Å². The van der Waals surface area contributed by atoms with E-state index in [9.17, 15) is 0 Å². The van der Waals surface area contributed by atoms with Crippen molar-refractivity contribution in [2.75, 3.05) is 32.6 Å². The topological polar surface area (TPSA) is 65.8 Å². The number of rotatable bonds is 4. The number of aromatic nitrogens is 3. The van der Waals surface area contributed by atoms with Crippen LogP contribution < -0.4 is 5.32 Å². The van der Waals surface area contributed by atoms with Crippen LogP contribution in [-0.2, 0) is 4.74 Å². The quantitative estimate of drug-likeness (QED) is 0.662. The highest BCUT2D eigenvalue weighted by atomic mass is 16.5. The molecule has 1 saturated heterocycles. The van der Waals surface area contributed by atoms with Crippen molar-refractivity contribution in [1.82, 2.24) is 15.0 Å². The molecule has 1 saturated carbocycles. The average Bonchev–Trinajstić information content (AvgIpc) is 3.25. The molecule has 134 valence electrons. The molecule has 2 aliphatic rings. The first-order valence-corrected chi connectivity index (χ1v) is 9.38. The Morgan fingerprint density at radius 2 is 2.04 bits per heavy atom. The largest absolute Gasteiger partial charge is 0.381 e. The van der Waals surface area contributed by atoms with Crippen LogP contribution in [0.25, 0.3) is 11.0 Å². The Labute approximate surface area is 148 Å². The lowest BCUT2D eigenvalue weighted by Gasteiger charge is -2.27. The number of fused-ring (bicyclic) bond motifs is 1. The normalized spacial score (nSPS) is 26.7. The van der Waals surface area contributed by atoms with Gasteiger partial charge in [-0.1, -0.05) is 0 Å². The average molecular weight is 342 g/mol. The Morgan fingerprint density at radius 3 is 2.76 bits per heavy atom. The third-order valence-electron chi connectivity index (χ3n) is 5.49. The van der Waals surface area contributed by atoms with Crippen molar-refractivity contribution < 1.29 is 9.31 Å². The zero-order valence-corrected chi connectivity index (χ0v) is 15.2. The van der Waals surface area contributed by atoms with Crippen LogP contribution in [0.15, 0.2) is 12.5 Å². The van der Waals surface area contributed by atoms with Crippen molar-refractivity contribution in [3.05, 3.63) is 18.1 Å². The molecule has 0 amide bonds. The standard InChI is InChI=1S/C19H28N5O/c1-24(2)10-13-3-5-15(6-4-13)23-19-17-16(14-7-8-25-11-14)9-20-18(17)21-12-22-19/h9-10,12-15H,3-8,11H2,1-2H3,(H2,20,21,22,23)/q+1. The third-order valence-corrected chi connectivity index (χ3v) is 5.49. The van der Waals surface area contributed by atoms with Gasteiger partial charge in [0, 0.05) is 30.7 Å². The third kappa shape index (κ3) is 3.54. The number of aromatic amines is 1. The molecule has 0 aromatic carbocycles. The van der Waals surface area contributed by atoms with Crippen LogP contribution in [0.5, 0.6) is 0 Å². The SMILES string of the molecule is C[N+](C)=CC1CCC(Nc2ncnc3[nH]cc(C4CCOC4)c23)CC1. The van der Waals surface area contributed by atoms with Crippen molar-refractivity contribution in [3.63, 3.8) is 0 Å².